The second-order valence-corrected chi connectivity index (χ2v) is 9.18. The van der Waals surface area contributed by atoms with Crippen molar-refractivity contribution in [2.75, 3.05) is 45.8 Å². The molecule has 0 saturated carbocycles. The number of carbonyl (C=O) groups is 1. The number of hydrogen-bond donors (Lipinski definition) is 0. The highest BCUT2D eigenvalue weighted by molar-refractivity contribution is 7.88. The standard InChI is InChI=1S/C18H27N3O5S/c1-14(2)21(27(3,23)24)12-18(22)20-8-6-19(7-9-20)11-15-4-5-16-17(10-15)26-13-25-16/h4-5,10,14H,6-9,11-13H2,1-3H3. The minimum absolute atomic E-state index is 0.0986. The van der Waals surface area contributed by atoms with Gasteiger partial charge in [0.1, 0.15) is 0 Å². The van der Waals surface area contributed by atoms with E-state index in [1.807, 2.05) is 18.2 Å². The summed E-state index contributed by atoms with van der Waals surface area (Å²) in [5.74, 6) is 1.41. The van der Waals surface area contributed by atoms with Gasteiger partial charge in [0.15, 0.2) is 11.5 Å². The number of nitrogens with zero attached hydrogens (tertiary/aromatic N) is 3. The van der Waals surface area contributed by atoms with Crippen LogP contribution in [0.15, 0.2) is 18.2 Å². The molecule has 2 aliphatic rings. The van der Waals surface area contributed by atoms with Gasteiger partial charge in [0.05, 0.1) is 12.8 Å². The molecule has 1 amide bonds. The van der Waals surface area contributed by atoms with E-state index in [2.05, 4.69) is 4.90 Å². The highest BCUT2D eigenvalue weighted by Gasteiger charge is 2.28. The Morgan fingerprint density at radius 1 is 1.15 bits per heavy atom. The van der Waals surface area contributed by atoms with E-state index in [0.29, 0.717) is 13.1 Å². The van der Waals surface area contributed by atoms with Gasteiger partial charge in [-0.3, -0.25) is 9.69 Å². The Labute approximate surface area is 160 Å². The third-order valence-corrected chi connectivity index (χ3v) is 6.26. The molecule has 1 saturated heterocycles. The Bertz CT molecular complexity index is 788. The first-order valence-electron chi connectivity index (χ1n) is 9.09. The number of fused-ring (bicyclic) bond motifs is 1. The van der Waals surface area contributed by atoms with Crippen LogP contribution in [0.2, 0.25) is 0 Å². The quantitative estimate of drug-likeness (QED) is 0.704. The van der Waals surface area contributed by atoms with Gasteiger partial charge >= 0.3 is 0 Å². The van der Waals surface area contributed by atoms with Crippen LogP contribution in [-0.4, -0.2) is 80.2 Å². The maximum atomic E-state index is 12.5. The number of amides is 1. The lowest BCUT2D eigenvalue weighted by Crippen LogP contribution is -2.52. The lowest BCUT2D eigenvalue weighted by atomic mass is 10.1. The van der Waals surface area contributed by atoms with Crippen molar-refractivity contribution in [2.24, 2.45) is 0 Å². The van der Waals surface area contributed by atoms with Crippen molar-refractivity contribution in [1.82, 2.24) is 14.1 Å². The van der Waals surface area contributed by atoms with Crippen LogP contribution in [0.25, 0.3) is 0 Å². The van der Waals surface area contributed by atoms with Gasteiger partial charge in [-0.25, -0.2) is 8.42 Å². The van der Waals surface area contributed by atoms with Crippen molar-refractivity contribution < 1.29 is 22.7 Å². The number of piperazine rings is 1. The van der Waals surface area contributed by atoms with Crippen molar-refractivity contribution in [3.05, 3.63) is 23.8 Å². The molecule has 3 rings (SSSR count). The van der Waals surface area contributed by atoms with Crippen LogP contribution in [0.3, 0.4) is 0 Å². The lowest BCUT2D eigenvalue weighted by Gasteiger charge is -2.36. The van der Waals surface area contributed by atoms with Crippen molar-refractivity contribution in [1.29, 1.82) is 0 Å². The molecule has 0 aliphatic carbocycles. The Hall–Kier alpha value is -1.84. The van der Waals surface area contributed by atoms with E-state index in [1.165, 1.54) is 4.31 Å². The SMILES string of the molecule is CC(C)N(CC(=O)N1CCN(Cc2ccc3c(c2)OCO3)CC1)S(C)(=O)=O. The molecule has 150 valence electrons. The zero-order valence-corrected chi connectivity index (χ0v) is 16.9. The largest absolute Gasteiger partial charge is 0.454 e. The maximum Gasteiger partial charge on any atom is 0.237 e. The smallest absolute Gasteiger partial charge is 0.237 e. The van der Waals surface area contributed by atoms with Crippen molar-refractivity contribution in [3.63, 3.8) is 0 Å². The van der Waals surface area contributed by atoms with Crippen LogP contribution in [0.4, 0.5) is 0 Å². The number of hydrogen-bond acceptors (Lipinski definition) is 6. The van der Waals surface area contributed by atoms with Gasteiger partial charge in [-0.2, -0.15) is 4.31 Å². The molecule has 0 aromatic heterocycles. The Kier molecular flexibility index (Phi) is 5.92. The van der Waals surface area contributed by atoms with Crippen LogP contribution < -0.4 is 9.47 Å². The molecule has 1 fully saturated rings. The first-order valence-corrected chi connectivity index (χ1v) is 10.9. The zero-order chi connectivity index (χ0) is 19.6. The van der Waals surface area contributed by atoms with E-state index in [9.17, 15) is 13.2 Å². The summed E-state index contributed by atoms with van der Waals surface area (Å²) in [7, 11) is -3.40. The predicted molar refractivity (Wildman–Crippen MR) is 101 cm³/mol. The minimum Gasteiger partial charge on any atom is -0.454 e. The summed E-state index contributed by atoms with van der Waals surface area (Å²) in [5.41, 5.74) is 1.14. The molecule has 0 radical (unpaired) electrons. The first kappa shape index (κ1) is 19.9. The second kappa shape index (κ2) is 8.04. The van der Waals surface area contributed by atoms with Gasteiger partial charge in [-0.1, -0.05) is 6.07 Å². The third kappa shape index (κ3) is 4.91. The molecule has 9 heteroatoms. The number of rotatable bonds is 6. The van der Waals surface area contributed by atoms with Gasteiger partial charge in [-0.05, 0) is 31.5 Å². The molecular formula is C18H27N3O5S. The summed E-state index contributed by atoms with van der Waals surface area (Å²) in [5, 5.41) is 0. The minimum atomic E-state index is -3.40. The van der Waals surface area contributed by atoms with Crippen LogP contribution in [0, 0.1) is 0 Å². The number of benzene rings is 1. The van der Waals surface area contributed by atoms with Crippen molar-refractivity contribution >= 4 is 15.9 Å². The summed E-state index contributed by atoms with van der Waals surface area (Å²) in [6.45, 7) is 7.19. The molecular weight excluding hydrogens is 370 g/mol. The first-order chi connectivity index (χ1) is 12.7. The normalized spacial score (nSPS) is 17.7. The van der Waals surface area contributed by atoms with Crippen LogP contribution >= 0.6 is 0 Å². The molecule has 2 aliphatic heterocycles. The number of sulfonamides is 1. The molecule has 0 N–H and O–H groups in total. The molecule has 0 spiro atoms. The lowest BCUT2D eigenvalue weighted by molar-refractivity contribution is -0.133. The van der Waals surface area contributed by atoms with Crippen LogP contribution in [0.1, 0.15) is 19.4 Å². The average Bonchev–Trinajstić information content (AvgIpc) is 3.06. The monoisotopic (exact) mass is 397 g/mol. The molecule has 0 unspecified atom stereocenters. The highest BCUT2D eigenvalue weighted by atomic mass is 32.2. The fourth-order valence-electron chi connectivity index (χ4n) is 3.37. The summed E-state index contributed by atoms with van der Waals surface area (Å²) in [4.78, 5) is 16.5. The summed E-state index contributed by atoms with van der Waals surface area (Å²) >= 11 is 0. The third-order valence-electron chi connectivity index (χ3n) is 4.86. The Balaban J connectivity index is 1.52. The number of ether oxygens (including phenoxy) is 2. The summed E-state index contributed by atoms with van der Waals surface area (Å²) in [6.07, 6.45) is 1.14. The molecule has 0 atom stereocenters. The van der Waals surface area contributed by atoms with E-state index in [1.54, 1.807) is 18.7 Å². The van der Waals surface area contributed by atoms with Gasteiger partial charge in [0.25, 0.3) is 0 Å². The van der Waals surface area contributed by atoms with Gasteiger partial charge in [-0.15, -0.1) is 0 Å². The predicted octanol–water partition coefficient (Wildman–Crippen LogP) is 0.730. The van der Waals surface area contributed by atoms with Gasteiger partial charge in [0, 0.05) is 38.8 Å². The number of carbonyl (C=O) groups excluding carboxylic acids is 1. The maximum absolute atomic E-state index is 12.5. The molecule has 1 aromatic carbocycles. The Morgan fingerprint density at radius 3 is 2.44 bits per heavy atom. The van der Waals surface area contributed by atoms with Crippen molar-refractivity contribution in [2.45, 2.75) is 26.4 Å². The Morgan fingerprint density at radius 2 is 1.81 bits per heavy atom. The topological polar surface area (TPSA) is 79.4 Å². The molecule has 0 bridgehead atoms. The summed E-state index contributed by atoms with van der Waals surface area (Å²) in [6, 6.07) is 5.70. The van der Waals surface area contributed by atoms with Gasteiger partial charge in [0.2, 0.25) is 22.7 Å². The average molecular weight is 397 g/mol. The van der Waals surface area contributed by atoms with E-state index in [0.717, 1.165) is 43.0 Å². The van der Waals surface area contributed by atoms with Crippen LogP contribution in [-0.2, 0) is 21.4 Å². The van der Waals surface area contributed by atoms with Crippen LogP contribution in [0.5, 0.6) is 11.5 Å². The highest BCUT2D eigenvalue weighted by Crippen LogP contribution is 2.32. The van der Waals surface area contributed by atoms with E-state index >= 15 is 0 Å². The van der Waals surface area contributed by atoms with E-state index in [-0.39, 0.29) is 25.3 Å². The molecule has 8 nitrogen and oxygen atoms in total. The molecule has 1 aromatic rings. The molecule has 2 heterocycles. The van der Waals surface area contributed by atoms with E-state index < -0.39 is 10.0 Å². The molecule has 27 heavy (non-hydrogen) atoms. The second-order valence-electron chi connectivity index (χ2n) is 7.25. The zero-order valence-electron chi connectivity index (χ0n) is 16.1. The van der Waals surface area contributed by atoms with E-state index in [4.69, 9.17) is 9.47 Å². The van der Waals surface area contributed by atoms with Gasteiger partial charge < -0.3 is 14.4 Å². The fraction of sp³-hybridized carbons (Fsp3) is 0.611. The summed E-state index contributed by atoms with van der Waals surface area (Å²) < 4.78 is 35.7. The fourth-order valence-corrected chi connectivity index (χ4v) is 4.48. The van der Waals surface area contributed by atoms with Crippen molar-refractivity contribution in [3.8, 4) is 11.5 Å².